The molecule has 0 rings (SSSR count). The van der Waals surface area contributed by atoms with Gasteiger partial charge in [0.2, 0.25) is 0 Å². The second-order valence-corrected chi connectivity index (χ2v) is 5.86. The van der Waals surface area contributed by atoms with Crippen LogP contribution in [0.1, 0.15) is 34.1 Å². The average molecular weight is 230 g/mol. The van der Waals surface area contributed by atoms with Gasteiger partial charge in [-0.2, -0.15) is 0 Å². The van der Waals surface area contributed by atoms with Gasteiger partial charge in [-0.1, -0.05) is 27.7 Å². The van der Waals surface area contributed by atoms with Crippen molar-refractivity contribution in [1.82, 2.24) is 10.2 Å². The van der Waals surface area contributed by atoms with Crippen molar-refractivity contribution in [2.45, 2.75) is 40.2 Å². The molecule has 1 unspecified atom stereocenters. The summed E-state index contributed by atoms with van der Waals surface area (Å²) in [4.78, 5) is 2.38. The van der Waals surface area contributed by atoms with Crippen molar-refractivity contribution >= 4 is 0 Å². The summed E-state index contributed by atoms with van der Waals surface area (Å²) in [7, 11) is 3.95. The maximum Gasteiger partial charge on any atom is 0.0628 e. The molecule has 3 nitrogen and oxygen atoms in total. The Labute approximate surface area is 102 Å². The minimum absolute atomic E-state index is 0.358. The summed E-state index contributed by atoms with van der Waals surface area (Å²) in [6, 6.07) is 0.442. The van der Waals surface area contributed by atoms with Gasteiger partial charge in [0.05, 0.1) is 6.61 Å². The van der Waals surface area contributed by atoms with E-state index in [0.717, 1.165) is 26.2 Å². The third kappa shape index (κ3) is 9.13. The van der Waals surface area contributed by atoms with Gasteiger partial charge in [0, 0.05) is 26.2 Å². The Balaban J connectivity index is 3.96. The maximum absolute atomic E-state index is 5.24. The summed E-state index contributed by atoms with van der Waals surface area (Å²) >= 11 is 0. The minimum Gasteiger partial charge on any atom is -0.383 e. The summed E-state index contributed by atoms with van der Waals surface area (Å²) in [5.41, 5.74) is 0.358. The second kappa shape index (κ2) is 8.04. The second-order valence-electron chi connectivity index (χ2n) is 5.86. The van der Waals surface area contributed by atoms with Crippen LogP contribution in [0.4, 0.5) is 0 Å². The predicted octanol–water partition coefficient (Wildman–Crippen LogP) is 1.98. The molecule has 0 amide bonds. The Morgan fingerprint density at radius 1 is 1.31 bits per heavy atom. The highest BCUT2D eigenvalue weighted by molar-refractivity contribution is 4.73. The summed E-state index contributed by atoms with van der Waals surface area (Å²) in [5.74, 6) is 0. The van der Waals surface area contributed by atoms with Crippen LogP contribution in [0.15, 0.2) is 0 Å². The maximum atomic E-state index is 5.24. The third-order valence-electron chi connectivity index (χ3n) is 2.33. The van der Waals surface area contributed by atoms with E-state index in [4.69, 9.17) is 4.74 Å². The third-order valence-corrected chi connectivity index (χ3v) is 2.33. The van der Waals surface area contributed by atoms with E-state index >= 15 is 0 Å². The molecule has 0 radical (unpaired) electrons. The molecule has 0 saturated carbocycles. The molecule has 0 aliphatic carbocycles. The standard InChI is InChI=1S/C13H30N2O/c1-7-8-14-12(10-16-6)9-15(5)11-13(2,3)4/h12,14H,7-11H2,1-6H3. The first kappa shape index (κ1) is 15.9. The molecule has 1 N–H and O–H groups in total. The molecule has 0 saturated heterocycles. The lowest BCUT2D eigenvalue weighted by Crippen LogP contribution is -2.44. The first-order chi connectivity index (χ1) is 7.39. The largest absolute Gasteiger partial charge is 0.383 e. The van der Waals surface area contributed by atoms with Crippen molar-refractivity contribution in [2.24, 2.45) is 5.41 Å². The molecule has 0 aromatic rings. The average Bonchev–Trinajstić information content (AvgIpc) is 2.11. The molecule has 0 spiro atoms. The van der Waals surface area contributed by atoms with E-state index in [2.05, 4.69) is 45.0 Å². The lowest BCUT2D eigenvalue weighted by Gasteiger charge is -2.30. The number of rotatable bonds is 8. The highest BCUT2D eigenvalue weighted by Gasteiger charge is 2.16. The van der Waals surface area contributed by atoms with Crippen LogP contribution in [0.25, 0.3) is 0 Å². The number of nitrogens with one attached hydrogen (secondary N) is 1. The molecule has 1 atom stereocenters. The summed E-state index contributed by atoms with van der Waals surface area (Å²) in [5, 5.41) is 3.52. The Kier molecular flexibility index (Phi) is 7.98. The highest BCUT2D eigenvalue weighted by atomic mass is 16.5. The van der Waals surface area contributed by atoms with Crippen LogP contribution in [0.5, 0.6) is 0 Å². The Hall–Kier alpha value is -0.120. The SMILES string of the molecule is CCCNC(COC)CN(C)CC(C)(C)C. The van der Waals surface area contributed by atoms with Gasteiger partial charge in [0.15, 0.2) is 0 Å². The van der Waals surface area contributed by atoms with Crippen molar-refractivity contribution in [3.8, 4) is 0 Å². The van der Waals surface area contributed by atoms with Crippen LogP contribution in [-0.4, -0.2) is 51.3 Å². The molecule has 0 fully saturated rings. The lowest BCUT2D eigenvalue weighted by atomic mass is 9.96. The monoisotopic (exact) mass is 230 g/mol. The van der Waals surface area contributed by atoms with Gasteiger partial charge in [-0.05, 0) is 25.4 Å². The zero-order valence-electron chi connectivity index (χ0n) is 12.0. The molecule has 0 bridgehead atoms. The minimum atomic E-state index is 0.358. The fraction of sp³-hybridized carbons (Fsp3) is 1.00. The van der Waals surface area contributed by atoms with Gasteiger partial charge >= 0.3 is 0 Å². The van der Waals surface area contributed by atoms with Gasteiger partial charge < -0.3 is 15.0 Å². The van der Waals surface area contributed by atoms with E-state index in [0.29, 0.717) is 11.5 Å². The topological polar surface area (TPSA) is 24.5 Å². The van der Waals surface area contributed by atoms with Gasteiger partial charge in [-0.3, -0.25) is 0 Å². The number of likely N-dealkylation sites (N-methyl/N-ethyl adjacent to an activating group) is 1. The zero-order valence-corrected chi connectivity index (χ0v) is 12.0. The van der Waals surface area contributed by atoms with Gasteiger partial charge in [0.1, 0.15) is 0 Å². The molecule has 0 aromatic carbocycles. The van der Waals surface area contributed by atoms with Crippen LogP contribution in [0.2, 0.25) is 0 Å². The smallest absolute Gasteiger partial charge is 0.0628 e. The molecule has 16 heavy (non-hydrogen) atoms. The van der Waals surface area contributed by atoms with Crippen LogP contribution >= 0.6 is 0 Å². The predicted molar refractivity (Wildman–Crippen MR) is 70.9 cm³/mol. The number of ether oxygens (including phenoxy) is 1. The van der Waals surface area contributed by atoms with E-state index in [1.807, 2.05) is 0 Å². The fourth-order valence-corrected chi connectivity index (χ4v) is 1.98. The van der Waals surface area contributed by atoms with E-state index in [1.165, 1.54) is 6.42 Å². The lowest BCUT2D eigenvalue weighted by molar-refractivity contribution is 0.133. The normalized spacial score (nSPS) is 14.4. The molecule has 98 valence electrons. The van der Waals surface area contributed by atoms with Crippen LogP contribution < -0.4 is 5.32 Å². The molecule has 0 aliphatic rings. The molecule has 0 aromatic heterocycles. The Bertz CT molecular complexity index is 166. The van der Waals surface area contributed by atoms with Crippen molar-refractivity contribution in [2.75, 3.05) is 40.4 Å². The molecular weight excluding hydrogens is 200 g/mol. The van der Waals surface area contributed by atoms with Crippen molar-refractivity contribution in [3.05, 3.63) is 0 Å². The van der Waals surface area contributed by atoms with Gasteiger partial charge in [0.25, 0.3) is 0 Å². The van der Waals surface area contributed by atoms with Crippen LogP contribution in [-0.2, 0) is 4.74 Å². The van der Waals surface area contributed by atoms with Crippen LogP contribution in [0, 0.1) is 5.41 Å². The van der Waals surface area contributed by atoms with Crippen molar-refractivity contribution < 1.29 is 4.74 Å². The van der Waals surface area contributed by atoms with E-state index in [-0.39, 0.29) is 0 Å². The van der Waals surface area contributed by atoms with E-state index in [1.54, 1.807) is 7.11 Å². The number of methoxy groups -OCH3 is 1. The summed E-state index contributed by atoms with van der Waals surface area (Å²) in [6.45, 7) is 13.0. The number of nitrogens with zero attached hydrogens (tertiary/aromatic N) is 1. The van der Waals surface area contributed by atoms with Crippen molar-refractivity contribution in [1.29, 1.82) is 0 Å². The molecule has 0 heterocycles. The van der Waals surface area contributed by atoms with Gasteiger partial charge in [-0.15, -0.1) is 0 Å². The highest BCUT2D eigenvalue weighted by Crippen LogP contribution is 2.14. The quantitative estimate of drug-likeness (QED) is 0.690. The van der Waals surface area contributed by atoms with Crippen LogP contribution in [0.3, 0.4) is 0 Å². The van der Waals surface area contributed by atoms with Gasteiger partial charge in [-0.25, -0.2) is 0 Å². The fourth-order valence-electron chi connectivity index (χ4n) is 1.98. The first-order valence-electron chi connectivity index (χ1n) is 6.30. The summed E-state index contributed by atoms with van der Waals surface area (Å²) < 4.78 is 5.24. The number of hydrogen-bond acceptors (Lipinski definition) is 3. The van der Waals surface area contributed by atoms with Crippen molar-refractivity contribution in [3.63, 3.8) is 0 Å². The molecule has 3 heteroatoms. The Morgan fingerprint density at radius 3 is 2.38 bits per heavy atom. The summed E-state index contributed by atoms with van der Waals surface area (Å²) in [6.07, 6.45) is 1.17. The van der Waals surface area contributed by atoms with E-state index < -0.39 is 0 Å². The molecular formula is C13H30N2O. The van der Waals surface area contributed by atoms with E-state index in [9.17, 15) is 0 Å². The molecule has 0 aliphatic heterocycles. The zero-order chi connectivity index (χ0) is 12.6. The number of hydrogen-bond donors (Lipinski definition) is 1. The Morgan fingerprint density at radius 2 is 1.94 bits per heavy atom. The first-order valence-corrected chi connectivity index (χ1v) is 6.30.